The number of nitrogens with zero attached hydrogens (tertiary/aromatic N) is 2. The van der Waals surface area contributed by atoms with Crippen LogP contribution in [0.15, 0.2) is 35.5 Å². The lowest BCUT2D eigenvalue weighted by Crippen LogP contribution is -2.07. The maximum absolute atomic E-state index is 10.7. The molecular weight excluding hydrogens is 236 g/mol. The van der Waals surface area contributed by atoms with Crippen LogP contribution in [0.2, 0.25) is 0 Å². The molecule has 0 bridgehead atoms. The van der Waals surface area contributed by atoms with Crippen molar-refractivity contribution in [3.05, 3.63) is 41.6 Å². The van der Waals surface area contributed by atoms with Crippen molar-refractivity contribution in [2.45, 2.75) is 20.8 Å². The highest BCUT2D eigenvalue weighted by atomic mass is 16.1. The van der Waals surface area contributed by atoms with Crippen molar-refractivity contribution in [2.24, 2.45) is 10.4 Å². The minimum absolute atomic E-state index is 0.0359. The third kappa shape index (κ3) is 5.51. The van der Waals surface area contributed by atoms with Gasteiger partial charge in [-0.2, -0.15) is 0 Å². The highest BCUT2D eigenvalue weighted by Gasteiger charge is 2.07. The fourth-order valence-corrected chi connectivity index (χ4v) is 1.42. The Labute approximate surface area is 115 Å². The third-order valence-corrected chi connectivity index (χ3v) is 2.31. The molecule has 0 heterocycles. The van der Waals surface area contributed by atoms with Gasteiger partial charge in [0.25, 0.3) is 0 Å². The van der Waals surface area contributed by atoms with Crippen molar-refractivity contribution in [3.8, 4) is 0 Å². The van der Waals surface area contributed by atoms with Crippen LogP contribution in [-0.4, -0.2) is 31.5 Å². The molecule has 0 aromatic heterocycles. The summed E-state index contributed by atoms with van der Waals surface area (Å²) < 4.78 is 0. The first-order valence-corrected chi connectivity index (χ1v) is 6.31. The summed E-state index contributed by atoms with van der Waals surface area (Å²) >= 11 is 0. The predicted molar refractivity (Wildman–Crippen MR) is 81.4 cm³/mol. The maximum atomic E-state index is 10.7. The van der Waals surface area contributed by atoms with E-state index in [1.165, 1.54) is 0 Å². The lowest BCUT2D eigenvalue weighted by molar-refractivity contribution is 0.112. The van der Waals surface area contributed by atoms with Crippen molar-refractivity contribution in [1.82, 2.24) is 4.90 Å². The SMILES string of the molecule is CN(C)/C=C(\N=CC(C)(C)C)c1ccc(C=O)cc1. The molecule has 1 rings (SSSR count). The quantitative estimate of drug-likeness (QED) is 0.612. The number of aldehydes is 1. The normalized spacial score (nSPS) is 12.8. The van der Waals surface area contributed by atoms with E-state index in [2.05, 4.69) is 25.8 Å². The summed E-state index contributed by atoms with van der Waals surface area (Å²) in [6.07, 6.45) is 4.76. The summed E-state index contributed by atoms with van der Waals surface area (Å²) in [6.45, 7) is 6.33. The van der Waals surface area contributed by atoms with Gasteiger partial charge in [-0.15, -0.1) is 0 Å². The van der Waals surface area contributed by atoms with Crippen molar-refractivity contribution >= 4 is 18.2 Å². The van der Waals surface area contributed by atoms with E-state index in [0.29, 0.717) is 5.56 Å². The van der Waals surface area contributed by atoms with E-state index in [9.17, 15) is 4.79 Å². The molecule has 102 valence electrons. The lowest BCUT2D eigenvalue weighted by Gasteiger charge is -2.13. The number of benzene rings is 1. The molecule has 0 saturated heterocycles. The van der Waals surface area contributed by atoms with Crippen molar-refractivity contribution in [2.75, 3.05) is 14.1 Å². The third-order valence-electron chi connectivity index (χ3n) is 2.31. The van der Waals surface area contributed by atoms with E-state index in [1.54, 1.807) is 12.1 Å². The summed E-state index contributed by atoms with van der Waals surface area (Å²) in [5, 5.41) is 0. The summed E-state index contributed by atoms with van der Waals surface area (Å²) in [6, 6.07) is 7.44. The second-order valence-electron chi connectivity index (χ2n) is 5.84. The number of hydrogen-bond donors (Lipinski definition) is 0. The highest BCUT2D eigenvalue weighted by Crippen LogP contribution is 2.19. The van der Waals surface area contributed by atoms with Gasteiger partial charge in [0.2, 0.25) is 0 Å². The largest absolute Gasteiger partial charge is 0.382 e. The molecule has 0 aliphatic carbocycles. The molecule has 1 aromatic carbocycles. The van der Waals surface area contributed by atoms with Crippen LogP contribution in [-0.2, 0) is 0 Å². The average Bonchev–Trinajstić information content (AvgIpc) is 2.33. The molecule has 3 nitrogen and oxygen atoms in total. The Morgan fingerprint density at radius 3 is 2.16 bits per heavy atom. The Bertz CT molecular complexity index is 476. The highest BCUT2D eigenvalue weighted by molar-refractivity contribution is 5.79. The van der Waals surface area contributed by atoms with E-state index in [-0.39, 0.29) is 5.41 Å². The molecule has 0 N–H and O–H groups in total. The molecular formula is C16H22N2O. The molecule has 3 heteroatoms. The second kappa shape index (κ2) is 6.32. The van der Waals surface area contributed by atoms with E-state index < -0.39 is 0 Å². The summed E-state index contributed by atoms with van der Waals surface area (Å²) in [4.78, 5) is 17.2. The van der Waals surface area contributed by atoms with E-state index in [0.717, 1.165) is 17.5 Å². The molecule has 0 atom stereocenters. The molecule has 1 aromatic rings. The first-order chi connectivity index (χ1) is 8.81. The van der Waals surface area contributed by atoms with Crippen molar-refractivity contribution in [1.29, 1.82) is 0 Å². The average molecular weight is 258 g/mol. The Balaban J connectivity index is 3.10. The van der Waals surface area contributed by atoms with Gasteiger partial charge in [0.1, 0.15) is 6.29 Å². The number of carbonyl (C=O) groups excluding carboxylic acids is 1. The van der Waals surface area contributed by atoms with Gasteiger partial charge < -0.3 is 4.90 Å². The molecule has 0 aliphatic heterocycles. The van der Waals surface area contributed by atoms with Gasteiger partial charge in [0.15, 0.2) is 0 Å². The summed E-state index contributed by atoms with van der Waals surface area (Å²) in [5.41, 5.74) is 2.60. The van der Waals surface area contributed by atoms with Gasteiger partial charge in [-0.25, -0.2) is 0 Å². The molecule has 0 fully saturated rings. The van der Waals surface area contributed by atoms with Gasteiger partial charge in [-0.05, 0) is 5.41 Å². The van der Waals surface area contributed by atoms with Crippen molar-refractivity contribution in [3.63, 3.8) is 0 Å². The van der Waals surface area contributed by atoms with Crippen LogP contribution in [0.25, 0.3) is 5.70 Å². The van der Waals surface area contributed by atoms with Crippen LogP contribution in [0.1, 0.15) is 36.7 Å². The van der Waals surface area contributed by atoms with Crippen LogP contribution in [0.3, 0.4) is 0 Å². The monoisotopic (exact) mass is 258 g/mol. The number of rotatable bonds is 4. The standard InChI is InChI=1S/C16H22N2O/c1-16(2,3)12-17-15(10-18(4)5)14-8-6-13(11-19)7-9-14/h6-12H,1-5H3/b15-10-,17-12?. The van der Waals surface area contributed by atoms with E-state index >= 15 is 0 Å². The topological polar surface area (TPSA) is 32.7 Å². The number of hydrogen-bond acceptors (Lipinski definition) is 3. The molecule has 0 saturated carbocycles. The first kappa shape index (κ1) is 15.2. The predicted octanol–water partition coefficient (Wildman–Crippen LogP) is 3.48. The second-order valence-corrected chi connectivity index (χ2v) is 5.84. The molecule has 0 aliphatic rings. The molecule has 0 spiro atoms. The molecule has 19 heavy (non-hydrogen) atoms. The summed E-state index contributed by atoms with van der Waals surface area (Å²) in [7, 11) is 3.93. The van der Waals surface area contributed by atoms with E-state index in [1.807, 2.05) is 43.5 Å². The van der Waals surface area contributed by atoms with Gasteiger partial charge in [-0.1, -0.05) is 45.0 Å². The zero-order chi connectivity index (χ0) is 14.5. The van der Waals surface area contributed by atoms with Crippen LogP contribution in [0.5, 0.6) is 0 Å². The van der Waals surface area contributed by atoms with Crippen LogP contribution >= 0.6 is 0 Å². The first-order valence-electron chi connectivity index (χ1n) is 6.31. The fourth-order valence-electron chi connectivity index (χ4n) is 1.42. The number of carbonyl (C=O) groups is 1. The minimum atomic E-state index is 0.0359. The molecule has 0 amide bonds. The Kier molecular flexibility index (Phi) is 5.04. The van der Waals surface area contributed by atoms with Crippen LogP contribution < -0.4 is 0 Å². The smallest absolute Gasteiger partial charge is 0.150 e. The Morgan fingerprint density at radius 1 is 1.16 bits per heavy atom. The van der Waals surface area contributed by atoms with Gasteiger partial charge in [-0.3, -0.25) is 9.79 Å². The van der Waals surface area contributed by atoms with Crippen LogP contribution in [0.4, 0.5) is 0 Å². The number of aliphatic imine (C=N–C) groups is 1. The summed E-state index contributed by atoms with van der Waals surface area (Å²) in [5.74, 6) is 0. The molecule has 0 unspecified atom stereocenters. The van der Waals surface area contributed by atoms with Crippen LogP contribution in [0, 0.1) is 5.41 Å². The van der Waals surface area contributed by atoms with Gasteiger partial charge in [0.05, 0.1) is 5.70 Å². The zero-order valence-corrected chi connectivity index (χ0v) is 12.3. The van der Waals surface area contributed by atoms with Crippen molar-refractivity contribution < 1.29 is 4.79 Å². The van der Waals surface area contributed by atoms with Gasteiger partial charge >= 0.3 is 0 Å². The zero-order valence-electron chi connectivity index (χ0n) is 12.3. The maximum Gasteiger partial charge on any atom is 0.150 e. The minimum Gasteiger partial charge on any atom is -0.382 e. The van der Waals surface area contributed by atoms with Gasteiger partial charge in [0, 0.05) is 37.6 Å². The fraction of sp³-hybridized carbons (Fsp3) is 0.375. The lowest BCUT2D eigenvalue weighted by atomic mass is 9.99. The Hall–Kier alpha value is -1.90. The Morgan fingerprint density at radius 2 is 1.74 bits per heavy atom. The molecule has 0 radical (unpaired) electrons. The van der Waals surface area contributed by atoms with E-state index in [4.69, 9.17) is 0 Å².